The molecule has 0 radical (unpaired) electrons. The van der Waals surface area contributed by atoms with Gasteiger partial charge in [-0.15, -0.1) is 0 Å². The van der Waals surface area contributed by atoms with Gasteiger partial charge >= 0.3 is 0 Å². The van der Waals surface area contributed by atoms with Crippen molar-refractivity contribution in [2.45, 2.75) is 19.9 Å². The SMILES string of the molecule is CC(=O)Nc1ccc(-n2cnc(C(=O)NC(C)c3ccccc3)c2)nc1. The molecule has 0 saturated carbocycles. The van der Waals surface area contributed by atoms with Gasteiger partial charge < -0.3 is 10.6 Å². The second-order valence-corrected chi connectivity index (χ2v) is 5.86. The third-order valence-corrected chi connectivity index (χ3v) is 3.80. The number of anilines is 1. The van der Waals surface area contributed by atoms with Gasteiger partial charge in [-0.1, -0.05) is 30.3 Å². The van der Waals surface area contributed by atoms with Crippen molar-refractivity contribution in [3.05, 3.63) is 72.4 Å². The number of carbonyl (C=O) groups is 2. The van der Waals surface area contributed by atoms with Crippen molar-refractivity contribution in [3.8, 4) is 5.82 Å². The molecule has 1 aromatic carbocycles. The molecule has 7 nitrogen and oxygen atoms in total. The quantitative estimate of drug-likeness (QED) is 0.741. The zero-order valence-corrected chi connectivity index (χ0v) is 14.5. The monoisotopic (exact) mass is 349 g/mol. The fourth-order valence-corrected chi connectivity index (χ4v) is 2.48. The Labute approximate surface area is 151 Å². The zero-order chi connectivity index (χ0) is 18.5. The first kappa shape index (κ1) is 17.3. The van der Waals surface area contributed by atoms with E-state index in [1.807, 2.05) is 37.3 Å². The van der Waals surface area contributed by atoms with Crippen LogP contribution in [0.15, 0.2) is 61.2 Å². The normalized spacial score (nSPS) is 11.6. The minimum absolute atomic E-state index is 0.121. The Balaban J connectivity index is 1.69. The number of amides is 2. The summed E-state index contributed by atoms with van der Waals surface area (Å²) in [5.41, 5.74) is 1.94. The fourth-order valence-electron chi connectivity index (χ4n) is 2.48. The molecular weight excluding hydrogens is 330 g/mol. The van der Waals surface area contributed by atoms with Crippen molar-refractivity contribution in [2.75, 3.05) is 5.32 Å². The van der Waals surface area contributed by atoms with E-state index in [1.54, 1.807) is 29.1 Å². The van der Waals surface area contributed by atoms with Gasteiger partial charge in [-0.3, -0.25) is 14.2 Å². The summed E-state index contributed by atoms with van der Waals surface area (Å²) in [4.78, 5) is 31.8. The number of hydrogen-bond acceptors (Lipinski definition) is 4. The summed E-state index contributed by atoms with van der Waals surface area (Å²) < 4.78 is 1.65. The van der Waals surface area contributed by atoms with E-state index in [0.29, 0.717) is 17.2 Å². The molecule has 2 amide bonds. The van der Waals surface area contributed by atoms with E-state index in [2.05, 4.69) is 20.6 Å². The first-order valence-corrected chi connectivity index (χ1v) is 8.17. The average Bonchev–Trinajstić information content (AvgIpc) is 3.13. The summed E-state index contributed by atoms with van der Waals surface area (Å²) in [6.45, 7) is 3.36. The highest BCUT2D eigenvalue weighted by atomic mass is 16.2. The van der Waals surface area contributed by atoms with Crippen molar-refractivity contribution in [2.24, 2.45) is 0 Å². The van der Waals surface area contributed by atoms with Crippen LogP contribution < -0.4 is 10.6 Å². The maximum atomic E-state index is 12.4. The lowest BCUT2D eigenvalue weighted by molar-refractivity contribution is -0.114. The Hall–Kier alpha value is -3.48. The molecule has 0 bridgehead atoms. The van der Waals surface area contributed by atoms with Crippen molar-refractivity contribution < 1.29 is 9.59 Å². The van der Waals surface area contributed by atoms with E-state index in [1.165, 1.54) is 13.3 Å². The maximum absolute atomic E-state index is 12.4. The Morgan fingerprint density at radius 1 is 1.08 bits per heavy atom. The molecule has 132 valence electrons. The first-order chi connectivity index (χ1) is 12.5. The molecule has 0 aliphatic carbocycles. The number of nitrogens with zero attached hydrogens (tertiary/aromatic N) is 3. The van der Waals surface area contributed by atoms with Crippen LogP contribution in [0.4, 0.5) is 5.69 Å². The minimum atomic E-state index is -0.255. The number of nitrogens with one attached hydrogen (secondary N) is 2. The maximum Gasteiger partial charge on any atom is 0.271 e. The Morgan fingerprint density at radius 2 is 1.85 bits per heavy atom. The van der Waals surface area contributed by atoms with E-state index in [9.17, 15) is 9.59 Å². The molecular formula is C19H19N5O2. The molecule has 0 aliphatic heterocycles. The predicted molar refractivity (Wildman–Crippen MR) is 98.0 cm³/mol. The highest BCUT2D eigenvalue weighted by Gasteiger charge is 2.14. The van der Waals surface area contributed by atoms with E-state index < -0.39 is 0 Å². The van der Waals surface area contributed by atoms with Crippen LogP contribution >= 0.6 is 0 Å². The number of aromatic nitrogens is 3. The first-order valence-electron chi connectivity index (χ1n) is 8.17. The molecule has 3 rings (SSSR count). The van der Waals surface area contributed by atoms with Crippen LogP contribution in [0.3, 0.4) is 0 Å². The molecule has 26 heavy (non-hydrogen) atoms. The third-order valence-electron chi connectivity index (χ3n) is 3.80. The number of imidazole rings is 1. The summed E-state index contributed by atoms with van der Waals surface area (Å²) in [6, 6.07) is 13.1. The molecule has 0 spiro atoms. The Morgan fingerprint density at radius 3 is 2.50 bits per heavy atom. The molecule has 1 unspecified atom stereocenters. The van der Waals surface area contributed by atoms with Gasteiger partial charge in [0, 0.05) is 13.1 Å². The summed E-state index contributed by atoms with van der Waals surface area (Å²) in [6.07, 6.45) is 4.70. The summed E-state index contributed by atoms with van der Waals surface area (Å²) in [7, 11) is 0. The van der Waals surface area contributed by atoms with Gasteiger partial charge in [-0.05, 0) is 24.6 Å². The van der Waals surface area contributed by atoms with Crippen LogP contribution in [-0.2, 0) is 4.79 Å². The van der Waals surface area contributed by atoms with Crippen molar-refractivity contribution >= 4 is 17.5 Å². The molecule has 2 aromatic heterocycles. The zero-order valence-electron chi connectivity index (χ0n) is 14.5. The fraction of sp³-hybridized carbons (Fsp3) is 0.158. The lowest BCUT2D eigenvalue weighted by atomic mass is 10.1. The molecule has 0 fully saturated rings. The molecule has 7 heteroatoms. The molecule has 1 atom stereocenters. The van der Waals surface area contributed by atoms with E-state index in [-0.39, 0.29) is 17.9 Å². The van der Waals surface area contributed by atoms with Crippen LogP contribution in [0.2, 0.25) is 0 Å². The lowest BCUT2D eigenvalue weighted by Gasteiger charge is -2.13. The van der Waals surface area contributed by atoms with Crippen LogP contribution in [-0.4, -0.2) is 26.3 Å². The minimum Gasteiger partial charge on any atom is -0.344 e. The van der Waals surface area contributed by atoms with Gasteiger partial charge in [-0.2, -0.15) is 0 Å². The van der Waals surface area contributed by atoms with E-state index in [4.69, 9.17) is 0 Å². The second kappa shape index (κ2) is 7.60. The van der Waals surface area contributed by atoms with Crippen LogP contribution in [0.5, 0.6) is 0 Å². The Bertz CT molecular complexity index is 903. The van der Waals surface area contributed by atoms with Crippen LogP contribution in [0.25, 0.3) is 5.82 Å². The average molecular weight is 349 g/mol. The molecule has 0 saturated heterocycles. The molecule has 2 N–H and O–H groups in total. The van der Waals surface area contributed by atoms with Gasteiger partial charge in [0.25, 0.3) is 5.91 Å². The highest BCUT2D eigenvalue weighted by Crippen LogP contribution is 2.13. The molecule has 2 heterocycles. The number of benzene rings is 1. The van der Waals surface area contributed by atoms with Crippen LogP contribution in [0, 0.1) is 0 Å². The van der Waals surface area contributed by atoms with Crippen molar-refractivity contribution in [3.63, 3.8) is 0 Å². The largest absolute Gasteiger partial charge is 0.344 e. The number of pyridine rings is 1. The highest BCUT2D eigenvalue weighted by molar-refractivity contribution is 5.92. The number of hydrogen-bond donors (Lipinski definition) is 2. The van der Waals surface area contributed by atoms with Gasteiger partial charge in [0.15, 0.2) is 0 Å². The third kappa shape index (κ3) is 4.13. The second-order valence-electron chi connectivity index (χ2n) is 5.86. The van der Waals surface area contributed by atoms with Gasteiger partial charge in [0.2, 0.25) is 5.91 Å². The van der Waals surface area contributed by atoms with Gasteiger partial charge in [-0.25, -0.2) is 9.97 Å². The van der Waals surface area contributed by atoms with E-state index >= 15 is 0 Å². The molecule has 0 aliphatic rings. The van der Waals surface area contributed by atoms with Crippen LogP contribution in [0.1, 0.15) is 35.9 Å². The summed E-state index contributed by atoms with van der Waals surface area (Å²) >= 11 is 0. The van der Waals surface area contributed by atoms with Crippen molar-refractivity contribution in [1.29, 1.82) is 0 Å². The van der Waals surface area contributed by atoms with Gasteiger partial charge in [0.05, 0.1) is 17.9 Å². The van der Waals surface area contributed by atoms with E-state index in [0.717, 1.165) is 5.56 Å². The Kier molecular flexibility index (Phi) is 5.07. The molecule has 3 aromatic rings. The lowest BCUT2D eigenvalue weighted by Crippen LogP contribution is -2.26. The summed E-state index contributed by atoms with van der Waals surface area (Å²) in [5, 5.41) is 5.58. The smallest absolute Gasteiger partial charge is 0.271 e. The van der Waals surface area contributed by atoms with Crippen molar-refractivity contribution in [1.82, 2.24) is 19.9 Å². The number of carbonyl (C=O) groups excluding carboxylic acids is 2. The topological polar surface area (TPSA) is 88.9 Å². The standard InChI is InChI=1S/C19H19N5O2/c1-13(15-6-4-3-5-7-15)22-19(26)17-11-24(12-21-17)18-9-8-16(10-20-18)23-14(2)25/h3-13H,1-2H3,(H,22,26)(H,23,25). The predicted octanol–water partition coefficient (Wildman–Crippen LogP) is 2.72. The summed E-state index contributed by atoms with van der Waals surface area (Å²) in [5.74, 6) is 0.186. The number of rotatable bonds is 5. The van der Waals surface area contributed by atoms with Gasteiger partial charge in [0.1, 0.15) is 17.8 Å².